The zero-order chi connectivity index (χ0) is 24.5. The lowest BCUT2D eigenvalue weighted by Gasteiger charge is -2.24. The molecule has 5 rings (SSSR count). The number of carbonyl (C=O) groups is 1. The fourth-order valence-corrected chi connectivity index (χ4v) is 4.01. The number of nitrogens with zero attached hydrogens (tertiary/aromatic N) is 4. The van der Waals surface area contributed by atoms with Crippen molar-refractivity contribution in [3.63, 3.8) is 0 Å². The molecule has 1 amide bonds. The molecule has 1 aliphatic rings. The number of anilines is 2. The zero-order valence-corrected chi connectivity index (χ0v) is 20.6. The molecule has 0 spiro atoms. The number of halogens is 3. The second-order valence-corrected chi connectivity index (χ2v) is 8.49. The topological polar surface area (TPSA) is 115 Å². The standard InChI is InChI=1S/C24H16Cl2N6O3.ClH/c25-17-9-6-15(7-10-17)20-13-19(14-4-2-1-3-5-14)27-24-29-23(30-31(20)24)28-22(33)16-8-11-18(26)21(12-16)32(34)35;/h1-13,20H,(H2,27,28,29,30,33);1H. The molecular formula is C24H17Cl3N6O3. The second kappa shape index (κ2) is 10.4. The number of hydrogen-bond acceptors (Lipinski definition) is 6. The van der Waals surface area contributed by atoms with E-state index in [-0.39, 0.29) is 40.7 Å². The van der Waals surface area contributed by atoms with E-state index in [1.165, 1.54) is 12.1 Å². The highest BCUT2D eigenvalue weighted by atomic mass is 35.5. The number of hydrogen-bond donors (Lipinski definition) is 2. The minimum atomic E-state index is -0.649. The van der Waals surface area contributed by atoms with Crippen LogP contribution in [0.5, 0.6) is 0 Å². The van der Waals surface area contributed by atoms with Crippen molar-refractivity contribution in [3.05, 3.63) is 116 Å². The molecule has 1 aromatic heterocycles. The number of fused-ring (bicyclic) bond motifs is 1. The Morgan fingerprint density at radius 3 is 2.47 bits per heavy atom. The van der Waals surface area contributed by atoms with E-state index in [0.29, 0.717) is 11.0 Å². The van der Waals surface area contributed by atoms with Crippen LogP contribution in [-0.2, 0) is 0 Å². The quantitative estimate of drug-likeness (QED) is 0.228. The van der Waals surface area contributed by atoms with Crippen molar-refractivity contribution in [1.29, 1.82) is 0 Å². The minimum Gasteiger partial charge on any atom is -0.324 e. The predicted molar refractivity (Wildman–Crippen MR) is 141 cm³/mol. The van der Waals surface area contributed by atoms with Crippen molar-refractivity contribution in [3.8, 4) is 0 Å². The van der Waals surface area contributed by atoms with E-state index in [1.807, 2.05) is 48.5 Å². The van der Waals surface area contributed by atoms with Crippen molar-refractivity contribution in [2.75, 3.05) is 10.6 Å². The molecule has 0 aliphatic carbocycles. The number of nitrogens with one attached hydrogen (secondary N) is 2. The van der Waals surface area contributed by atoms with Crippen molar-refractivity contribution in [2.24, 2.45) is 0 Å². The van der Waals surface area contributed by atoms with Crippen LogP contribution < -0.4 is 10.6 Å². The maximum Gasteiger partial charge on any atom is 0.288 e. The van der Waals surface area contributed by atoms with Crippen molar-refractivity contribution in [1.82, 2.24) is 14.8 Å². The minimum absolute atomic E-state index is 0. The largest absolute Gasteiger partial charge is 0.324 e. The molecule has 2 heterocycles. The fraction of sp³-hybridized carbons (Fsp3) is 0.0417. The Kier molecular flexibility index (Phi) is 7.25. The molecule has 0 saturated heterocycles. The summed E-state index contributed by atoms with van der Waals surface area (Å²) in [5, 5.41) is 22.1. The predicted octanol–water partition coefficient (Wildman–Crippen LogP) is 6.22. The molecule has 182 valence electrons. The van der Waals surface area contributed by atoms with Gasteiger partial charge in [-0.05, 0) is 41.5 Å². The Hall–Kier alpha value is -3.92. The van der Waals surface area contributed by atoms with Gasteiger partial charge in [-0.2, -0.15) is 4.98 Å². The first-order valence-electron chi connectivity index (χ1n) is 10.4. The number of allylic oxidation sites excluding steroid dienone is 1. The number of aromatic nitrogens is 3. The molecule has 4 aromatic rings. The summed E-state index contributed by atoms with van der Waals surface area (Å²) in [5.41, 5.74) is 2.40. The van der Waals surface area contributed by atoms with Gasteiger partial charge in [0.15, 0.2) is 0 Å². The molecule has 9 nitrogen and oxygen atoms in total. The summed E-state index contributed by atoms with van der Waals surface area (Å²) >= 11 is 11.9. The van der Waals surface area contributed by atoms with Crippen LogP contribution in [-0.4, -0.2) is 25.6 Å². The van der Waals surface area contributed by atoms with Gasteiger partial charge in [0, 0.05) is 22.3 Å². The fourth-order valence-electron chi connectivity index (χ4n) is 3.70. The molecule has 0 bridgehead atoms. The summed E-state index contributed by atoms with van der Waals surface area (Å²) in [6.07, 6.45) is 2.01. The van der Waals surface area contributed by atoms with Gasteiger partial charge < -0.3 is 5.32 Å². The Bertz CT molecular complexity index is 1470. The van der Waals surface area contributed by atoms with E-state index < -0.39 is 10.8 Å². The van der Waals surface area contributed by atoms with E-state index in [2.05, 4.69) is 20.7 Å². The summed E-state index contributed by atoms with van der Waals surface area (Å²) in [6, 6.07) is 20.6. The summed E-state index contributed by atoms with van der Waals surface area (Å²) in [5.74, 6) is -0.146. The number of nitro groups is 1. The molecule has 3 aromatic carbocycles. The molecule has 1 atom stereocenters. The zero-order valence-electron chi connectivity index (χ0n) is 18.3. The van der Waals surface area contributed by atoms with E-state index in [9.17, 15) is 14.9 Å². The molecule has 0 fully saturated rings. The Balaban J connectivity index is 0.00000304. The van der Waals surface area contributed by atoms with Crippen LogP contribution in [0.3, 0.4) is 0 Å². The average molecular weight is 544 g/mol. The number of rotatable bonds is 5. The van der Waals surface area contributed by atoms with E-state index >= 15 is 0 Å². The van der Waals surface area contributed by atoms with E-state index in [1.54, 1.807) is 16.8 Å². The van der Waals surface area contributed by atoms with Gasteiger partial charge in [-0.3, -0.25) is 20.2 Å². The molecule has 12 heteroatoms. The lowest BCUT2D eigenvalue weighted by atomic mass is 10.0. The third kappa shape index (κ3) is 5.03. The summed E-state index contributed by atoms with van der Waals surface area (Å²) in [4.78, 5) is 27.7. The van der Waals surface area contributed by atoms with Crippen LogP contribution >= 0.6 is 35.6 Å². The first-order chi connectivity index (χ1) is 16.9. The van der Waals surface area contributed by atoms with Crippen molar-refractivity contribution >= 4 is 64.8 Å². The maximum absolute atomic E-state index is 12.8. The molecule has 0 saturated carbocycles. The number of amides is 1. The molecule has 36 heavy (non-hydrogen) atoms. The monoisotopic (exact) mass is 542 g/mol. The highest BCUT2D eigenvalue weighted by molar-refractivity contribution is 6.32. The summed E-state index contributed by atoms with van der Waals surface area (Å²) < 4.78 is 1.65. The van der Waals surface area contributed by atoms with Gasteiger partial charge in [-0.25, -0.2) is 4.68 Å². The number of nitro benzene ring substituents is 1. The molecule has 1 aliphatic heterocycles. The Morgan fingerprint density at radius 1 is 1.06 bits per heavy atom. The first kappa shape index (κ1) is 25.2. The average Bonchev–Trinajstić information content (AvgIpc) is 3.27. The van der Waals surface area contributed by atoms with Crippen LogP contribution in [0.2, 0.25) is 10.0 Å². The van der Waals surface area contributed by atoms with Crippen LogP contribution in [0.25, 0.3) is 5.70 Å². The van der Waals surface area contributed by atoms with Crippen LogP contribution in [0.1, 0.15) is 27.5 Å². The highest BCUT2D eigenvalue weighted by Gasteiger charge is 2.26. The van der Waals surface area contributed by atoms with E-state index in [0.717, 1.165) is 22.9 Å². The SMILES string of the molecule is Cl.O=C(Nc1nc2n(n1)C(c1ccc(Cl)cc1)C=C(c1ccccc1)N2)c1ccc(Cl)c([N+](=O)[O-])c1. The Labute approximate surface area is 221 Å². The summed E-state index contributed by atoms with van der Waals surface area (Å²) in [7, 11) is 0. The van der Waals surface area contributed by atoms with Gasteiger partial charge in [0.1, 0.15) is 11.1 Å². The van der Waals surface area contributed by atoms with Gasteiger partial charge in [-0.15, -0.1) is 17.5 Å². The van der Waals surface area contributed by atoms with Crippen LogP contribution in [0, 0.1) is 10.1 Å². The molecule has 2 N–H and O–H groups in total. The van der Waals surface area contributed by atoms with Gasteiger partial charge in [-0.1, -0.05) is 65.7 Å². The number of carbonyl (C=O) groups excluding carboxylic acids is 1. The first-order valence-corrected chi connectivity index (χ1v) is 11.2. The molecule has 1 unspecified atom stereocenters. The van der Waals surface area contributed by atoms with Gasteiger partial charge in [0.05, 0.1) is 4.92 Å². The summed E-state index contributed by atoms with van der Waals surface area (Å²) in [6.45, 7) is 0. The van der Waals surface area contributed by atoms with E-state index in [4.69, 9.17) is 23.2 Å². The van der Waals surface area contributed by atoms with Crippen LogP contribution in [0.4, 0.5) is 17.6 Å². The lowest BCUT2D eigenvalue weighted by molar-refractivity contribution is -0.384. The second-order valence-electron chi connectivity index (χ2n) is 7.65. The number of benzene rings is 3. The third-order valence-corrected chi connectivity index (χ3v) is 5.96. The lowest BCUT2D eigenvalue weighted by Crippen LogP contribution is -2.20. The third-order valence-electron chi connectivity index (χ3n) is 5.39. The van der Waals surface area contributed by atoms with Crippen LogP contribution in [0.15, 0.2) is 78.9 Å². The highest BCUT2D eigenvalue weighted by Crippen LogP contribution is 2.34. The van der Waals surface area contributed by atoms with Crippen molar-refractivity contribution < 1.29 is 9.72 Å². The van der Waals surface area contributed by atoms with Gasteiger partial charge in [0.2, 0.25) is 5.95 Å². The smallest absolute Gasteiger partial charge is 0.288 e. The van der Waals surface area contributed by atoms with Gasteiger partial charge >= 0.3 is 0 Å². The molecule has 0 radical (unpaired) electrons. The molecular weight excluding hydrogens is 527 g/mol. The normalized spacial score (nSPS) is 14.1. The van der Waals surface area contributed by atoms with Gasteiger partial charge in [0.25, 0.3) is 17.5 Å². The Morgan fingerprint density at radius 2 is 1.78 bits per heavy atom. The maximum atomic E-state index is 12.8. The van der Waals surface area contributed by atoms with Crippen molar-refractivity contribution in [2.45, 2.75) is 6.04 Å².